The highest BCUT2D eigenvalue weighted by Gasteiger charge is 2.34. The number of carbonyl (C=O) groups excluding carboxylic acids is 3. The van der Waals surface area contributed by atoms with Crippen molar-refractivity contribution in [3.63, 3.8) is 0 Å². The van der Waals surface area contributed by atoms with Crippen molar-refractivity contribution < 1.29 is 14.4 Å². The Hall–Kier alpha value is -3.43. The molecule has 0 saturated carbocycles. The lowest BCUT2D eigenvalue weighted by molar-refractivity contribution is -0.122. The lowest BCUT2D eigenvalue weighted by atomic mass is 10.1. The van der Waals surface area contributed by atoms with Crippen LogP contribution < -0.4 is 10.9 Å². The minimum atomic E-state index is -0.401. The molecule has 4 rings (SSSR count). The van der Waals surface area contributed by atoms with Gasteiger partial charge in [-0.25, -0.2) is 4.98 Å². The molecular formula is C24H21ClN4O4S. The highest BCUT2D eigenvalue weighted by molar-refractivity contribution is 8.18. The number of nitrogens with one attached hydrogen (secondary N) is 1. The Morgan fingerprint density at radius 2 is 1.88 bits per heavy atom. The summed E-state index contributed by atoms with van der Waals surface area (Å²) in [7, 11) is 0. The number of fused-ring (bicyclic) bond motifs is 1. The van der Waals surface area contributed by atoms with Crippen LogP contribution in [-0.2, 0) is 11.3 Å². The van der Waals surface area contributed by atoms with Gasteiger partial charge in [0, 0.05) is 30.2 Å². The van der Waals surface area contributed by atoms with Gasteiger partial charge in [0.15, 0.2) is 0 Å². The maximum Gasteiger partial charge on any atom is 0.293 e. The molecule has 0 atom stereocenters. The highest BCUT2D eigenvalue weighted by atomic mass is 35.5. The van der Waals surface area contributed by atoms with E-state index < -0.39 is 5.91 Å². The summed E-state index contributed by atoms with van der Waals surface area (Å²) in [5, 5.41) is 2.93. The zero-order chi connectivity index (χ0) is 24.4. The molecule has 8 nitrogen and oxygen atoms in total. The van der Waals surface area contributed by atoms with Gasteiger partial charge in [-0.1, -0.05) is 23.7 Å². The SMILES string of the molecule is CCn1c(=O)c(C)nc2cc(C(=O)NCCN3C(=O)S/C(=C\c4ccc(Cl)cc4)C3=O)ccc21. The molecule has 0 bridgehead atoms. The molecule has 1 saturated heterocycles. The van der Waals surface area contributed by atoms with E-state index in [1.165, 1.54) is 0 Å². The van der Waals surface area contributed by atoms with Gasteiger partial charge in [0.25, 0.3) is 22.6 Å². The second kappa shape index (κ2) is 9.82. The van der Waals surface area contributed by atoms with E-state index in [1.54, 1.807) is 60.0 Å². The molecular weight excluding hydrogens is 476 g/mol. The van der Waals surface area contributed by atoms with Crippen molar-refractivity contribution in [2.24, 2.45) is 0 Å². The Morgan fingerprint density at radius 1 is 1.15 bits per heavy atom. The summed E-state index contributed by atoms with van der Waals surface area (Å²) in [6, 6.07) is 11.9. The Kier molecular flexibility index (Phi) is 6.85. The van der Waals surface area contributed by atoms with E-state index in [1.807, 2.05) is 6.92 Å². The van der Waals surface area contributed by atoms with Gasteiger partial charge in [-0.2, -0.15) is 0 Å². The molecule has 0 unspecified atom stereocenters. The second-order valence-electron chi connectivity index (χ2n) is 7.59. The monoisotopic (exact) mass is 496 g/mol. The van der Waals surface area contributed by atoms with Crippen molar-refractivity contribution in [3.8, 4) is 0 Å². The largest absolute Gasteiger partial charge is 0.350 e. The topological polar surface area (TPSA) is 101 Å². The number of hydrogen-bond acceptors (Lipinski definition) is 6. The van der Waals surface area contributed by atoms with Crippen LogP contribution in [0.15, 0.2) is 52.2 Å². The molecule has 174 valence electrons. The van der Waals surface area contributed by atoms with E-state index in [9.17, 15) is 19.2 Å². The number of rotatable bonds is 6. The number of hydrogen-bond donors (Lipinski definition) is 1. The fraction of sp³-hybridized carbons (Fsp3) is 0.208. The fourth-order valence-electron chi connectivity index (χ4n) is 3.62. The fourth-order valence-corrected chi connectivity index (χ4v) is 4.61. The summed E-state index contributed by atoms with van der Waals surface area (Å²) in [4.78, 5) is 55.6. The number of imide groups is 1. The molecule has 1 aromatic heterocycles. The maximum absolute atomic E-state index is 12.6. The predicted octanol–water partition coefficient (Wildman–Crippen LogP) is 3.84. The molecule has 10 heteroatoms. The predicted molar refractivity (Wildman–Crippen MR) is 133 cm³/mol. The molecule has 0 aliphatic carbocycles. The summed E-state index contributed by atoms with van der Waals surface area (Å²) in [5.41, 5.74) is 2.53. The van der Waals surface area contributed by atoms with Crippen LogP contribution in [-0.4, -0.2) is 44.6 Å². The van der Waals surface area contributed by atoms with Crippen molar-refractivity contribution in [2.75, 3.05) is 13.1 Å². The minimum Gasteiger partial charge on any atom is -0.350 e. The van der Waals surface area contributed by atoms with Crippen molar-refractivity contribution in [3.05, 3.63) is 79.6 Å². The van der Waals surface area contributed by atoms with Crippen molar-refractivity contribution in [2.45, 2.75) is 20.4 Å². The summed E-state index contributed by atoms with van der Waals surface area (Å²) >= 11 is 6.74. The minimum absolute atomic E-state index is 0.0503. The number of benzene rings is 2. The van der Waals surface area contributed by atoms with E-state index in [0.717, 1.165) is 22.2 Å². The Morgan fingerprint density at radius 3 is 2.59 bits per heavy atom. The van der Waals surface area contributed by atoms with E-state index in [2.05, 4.69) is 10.3 Å². The third kappa shape index (κ3) is 4.76. The molecule has 0 spiro atoms. The van der Waals surface area contributed by atoms with Crippen LogP contribution in [0.1, 0.15) is 28.5 Å². The van der Waals surface area contributed by atoms with Crippen LogP contribution in [0, 0.1) is 6.92 Å². The van der Waals surface area contributed by atoms with Gasteiger partial charge in [-0.05, 0) is 67.6 Å². The average molecular weight is 497 g/mol. The quantitative estimate of drug-likeness (QED) is 0.520. The number of carbonyl (C=O) groups is 3. The first-order valence-electron chi connectivity index (χ1n) is 10.6. The number of aromatic nitrogens is 2. The number of nitrogens with zero attached hydrogens (tertiary/aromatic N) is 3. The van der Waals surface area contributed by atoms with E-state index >= 15 is 0 Å². The van der Waals surface area contributed by atoms with Crippen LogP contribution >= 0.6 is 23.4 Å². The van der Waals surface area contributed by atoms with Crippen LogP contribution in [0.3, 0.4) is 0 Å². The van der Waals surface area contributed by atoms with Gasteiger partial charge in [0.05, 0.1) is 15.9 Å². The van der Waals surface area contributed by atoms with Gasteiger partial charge in [0.1, 0.15) is 5.69 Å². The van der Waals surface area contributed by atoms with Crippen LogP contribution in [0.5, 0.6) is 0 Å². The summed E-state index contributed by atoms with van der Waals surface area (Å²) in [5.74, 6) is -0.763. The second-order valence-corrected chi connectivity index (χ2v) is 9.02. The first-order valence-corrected chi connectivity index (χ1v) is 11.8. The average Bonchev–Trinajstić information content (AvgIpc) is 3.08. The zero-order valence-corrected chi connectivity index (χ0v) is 20.1. The number of aryl methyl sites for hydroxylation is 2. The molecule has 1 aliphatic rings. The Bertz CT molecular complexity index is 1400. The Balaban J connectivity index is 1.41. The van der Waals surface area contributed by atoms with Gasteiger partial charge in [0.2, 0.25) is 0 Å². The summed E-state index contributed by atoms with van der Waals surface area (Å²) < 4.78 is 1.61. The van der Waals surface area contributed by atoms with E-state index in [0.29, 0.717) is 38.8 Å². The van der Waals surface area contributed by atoms with Crippen LogP contribution in [0.4, 0.5) is 4.79 Å². The summed E-state index contributed by atoms with van der Waals surface area (Å²) in [6.45, 7) is 4.15. The molecule has 1 aliphatic heterocycles. The number of thioether (sulfide) groups is 1. The number of halogens is 1. The van der Waals surface area contributed by atoms with E-state index in [4.69, 9.17) is 11.6 Å². The third-order valence-electron chi connectivity index (χ3n) is 5.35. The molecule has 1 N–H and O–H groups in total. The molecule has 3 amide bonds. The van der Waals surface area contributed by atoms with Gasteiger partial charge < -0.3 is 9.88 Å². The normalized spacial score (nSPS) is 14.9. The molecule has 2 heterocycles. The zero-order valence-electron chi connectivity index (χ0n) is 18.5. The van der Waals surface area contributed by atoms with Crippen molar-refractivity contribution in [1.82, 2.24) is 19.8 Å². The first kappa shape index (κ1) is 23.7. The van der Waals surface area contributed by atoms with E-state index in [-0.39, 0.29) is 29.8 Å². The standard InChI is InChI=1S/C24H21ClN4O4S/c1-3-28-19-9-6-16(13-18(19)27-14(2)22(28)31)21(30)26-10-11-29-23(32)20(34-24(29)33)12-15-4-7-17(25)8-5-15/h4-9,12-13H,3,10-11H2,1-2H3,(H,26,30)/b20-12-. The van der Waals surface area contributed by atoms with Crippen molar-refractivity contribution in [1.29, 1.82) is 0 Å². The third-order valence-corrected chi connectivity index (χ3v) is 6.51. The smallest absolute Gasteiger partial charge is 0.293 e. The van der Waals surface area contributed by atoms with Gasteiger partial charge in [-0.3, -0.25) is 24.1 Å². The highest BCUT2D eigenvalue weighted by Crippen LogP contribution is 2.32. The van der Waals surface area contributed by atoms with Crippen LogP contribution in [0.2, 0.25) is 5.02 Å². The summed E-state index contributed by atoms with van der Waals surface area (Å²) in [6.07, 6.45) is 1.64. The van der Waals surface area contributed by atoms with Crippen LogP contribution in [0.25, 0.3) is 17.1 Å². The maximum atomic E-state index is 12.6. The Labute approximate surface area is 204 Å². The first-order chi connectivity index (χ1) is 16.3. The lowest BCUT2D eigenvalue weighted by Gasteiger charge is -2.13. The molecule has 34 heavy (non-hydrogen) atoms. The number of amides is 3. The van der Waals surface area contributed by atoms with Crippen molar-refractivity contribution >= 4 is 57.5 Å². The molecule has 2 aromatic carbocycles. The molecule has 3 aromatic rings. The van der Waals surface area contributed by atoms with Gasteiger partial charge in [-0.15, -0.1) is 0 Å². The molecule has 0 radical (unpaired) electrons. The lowest BCUT2D eigenvalue weighted by Crippen LogP contribution is -2.37. The van der Waals surface area contributed by atoms with Gasteiger partial charge >= 0.3 is 0 Å². The molecule has 1 fully saturated rings.